The van der Waals surface area contributed by atoms with E-state index >= 15 is 0 Å². The number of rotatable bonds is 3. The van der Waals surface area contributed by atoms with Crippen LogP contribution in [0.25, 0.3) is 16.9 Å². The molecule has 0 radical (unpaired) electrons. The molecule has 0 amide bonds. The van der Waals surface area contributed by atoms with E-state index in [1.165, 1.54) is 18.2 Å². The zero-order chi connectivity index (χ0) is 15.7. The first kappa shape index (κ1) is 14.2. The molecule has 22 heavy (non-hydrogen) atoms. The number of ether oxygens (including phenoxy) is 1. The van der Waals surface area contributed by atoms with Gasteiger partial charge in [-0.3, -0.25) is 0 Å². The first-order chi connectivity index (χ1) is 10.5. The van der Waals surface area contributed by atoms with E-state index < -0.39 is 6.36 Å². The summed E-state index contributed by atoms with van der Waals surface area (Å²) in [6.45, 7) is 0. The molecular formula is C14H11F3N4O. The molecule has 8 heteroatoms. The number of hydrogen-bond donors (Lipinski definition) is 1. The summed E-state index contributed by atoms with van der Waals surface area (Å²) in [6, 6.07) is 9.21. The maximum absolute atomic E-state index is 12.3. The fourth-order valence-corrected chi connectivity index (χ4v) is 2.06. The van der Waals surface area contributed by atoms with Crippen molar-refractivity contribution in [2.45, 2.75) is 6.36 Å². The van der Waals surface area contributed by atoms with Gasteiger partial charge in [-0.05, 0) is 24.3 Å². The Labute approximate surface area is 123 Å². The number of fused-ring (bicyclic) bond motifs is 1. The van der Waals surface area contributed by atoms with Gasteiger partial charge in [0.25, 0.3) is 0 Å². The van der Waals surface area contributed by atoms with Crippen molar-refractivity contribution >= 4 is 11.5 Å². The molecule has 2 aromatic heterocycles. The molecule has 0 saturated heterocycles. The summed E-state index contributed by atoms with van der Waals surface area (Å²) in [6.07, 6.45) is -3.18. The van der Waals surface area contributed by atoms with Crippen LogP contribution in [0.4, 0.5) is 19.0 Å². The number of aromatic nitrogens is 3. The molecule has 0 fully saturated rings. The molecule has 0 aliphatic heterocycles. The van der Waals surface area contributed by atoms with E-state index in [0.29, 0.717) is 22.7 Å². The number of anilines is 1. The van der Waals surface area contributed by atoms with E-state index in [-0.39, 0.29) is 5.75 Å². The topological polar surface area (TPSA) is 51.5 Å². The van der Waals surface area contributed by atoms with Crippen molar-refractivity contribution < 1.29 is 17.9 Å². The van der Waals surface area contributed by atoms with Gasteiger partial charge in [0, 0.05) is 12.6 Å². The number of hydrogen-bond acceptors (Lipinski definition) is 4. The molecule has 1 N–H and O–H groups in total. The number of halogens is 3. The number of nitrogens with zero attached hydrogens (tertiary/aromatic N) is 3. The van der Waals surface area contributed by atoms with Gasteiger partial charge in [0.1, 0.15) is 11.6 Å². The quantitative estimate of drug-likeness (QED) is 0.806. The van der Waals surface area contributed by atoms with Crippen LogP contribution in [0.3, 0.4) is 0 Å². The monoisotopic (exact) mass is 308 g/mol. The molecule has 3 aromatic rings. The van der Waals surface area contributed by atoms with Crippen LogP contribution in [0.5, 0.6) is 5.75 Å². The highest BCUT2D eigenvalue weighted by molar-refractivity contribution is 5.65. The van der Waals surface area contributed by atoms with Crippen LogP contribution in [0.1, 0.15) is 0 Å². The normalized spacial score (nSPS) is 11.6. The highest BCUT2D eigenvalue weighted by atomic mass is 19.4. The van der Waals surface area contributed by atoms with Gasteiger partial charge in [0.2, 0.25) is 0 Å². The molecular weight excluding hydrogens is 297 g/mol. The van der Waals surface area contributed by atoms with Crippen molar-refractivity contribution in [2.75, 3.05) is 12.4 Å². The molecule has 1 aromatic carbocycles. The smallest absolute Gasteiger partial charge is 0.406 e. The van der Waals surface area contributed by atoms with Crippen molar-refractivity contribution in [1.29, 1.82) is 0 Å². The Bertz CT molecular complexity index is 813. The maximum atomic E-state index is 12.3. The maximum Gasteiger partial charge on any atom is 0.573 e. The third kappa shape index (κ3) is 2.80. The predicted octanol–water partition coefficient (Wildman–Crippen LogP) is 3.34. The number of imidazole rings is 1. The van der Waals surface area contributed by atoms with E-state index in [9.17, 15) is 13.2 Å². The molecule has 114 valence electrons. The molecule has 0 unspecified atom stereocenters. The Morgan fingerprint density at radius 3 is 2.73 bits per heavy atom. The molecule has 5 nitrogen and oxygen atoms in total. The number of nitrogens with one attached hydrogen (secondary N) is 1. The van der Waals surface area contributed by atoms with Gasteiger partial charge in [-0.25, -0.2) is 9.50 Å². The third-order valence-electron chi connectivity index (χ3n) is 2.98. The molecule has 0 atom stereocenters. The second-order valence-corrected chi connectivity index (χ2v) is 4.46. The summed E-state index contributed by atoms with van der Waals surface area (Å²) < 4.78 is 42.4. The lowest BCUT2D eigenvalue weighted by Crippen LogP contribution is -2.17. The lowest BCUT2D eigenvalue weighted by Gasteiger charge is -2.10. The fourth-order valence-electron chi connectivity index (χ4n) is 2.06. The second kappa shape index (κ2) is 5.21. The summed E-state index contributed by atoms with van der Waals surface area (Å²) in [7, 11) is 1.72. The number of benzene rings is 1. The predicted molar refractivity (Wildman–Crippen MR) is 74.7 cm³/mol. The Hall–Kier alpha value is -2.77. The van der Waals surface area contributed by atoms with Crippen molar-refractivity contribution in [3.8, 4) is 17.0 Å². The van der Waals surface area contributed by atoms with Crippen LogP contribution in [0.2, 0.25) is 0 Å². The summed E-state index contributed by atoms with van der Waals surface area (Å²) >= 11 is 0. The molecule has 3 rings (SSSR count). The van der Waals surface area contributed by atoms with Crippen LogP contribution in [-0.4, -0.2) is 28.0 Å². The van der Waals surface area contributed by atoms with E-state index in [1.54, 1.807) is 36.0 Å². The molecule has 0 saturated carbocycles. The minimum absolute atomic E-state index is 0.287. The lowest BCUT2D eigenvalue weighted by atomic mass is 10.1. The van der Waals surface area contributed by atoms with Gasteiger partial charge >= 0.3 is 6.36 Å². The van der Waals surface area contributed by atoms with E-state index in [4.69, 9.17) is 0 Å². The van der Waals surface area contributed by atoms with Crippen molar-refractivity contribution in [3.05, 3.63) is 42.6 Å². The zero-order valence-corrected chi connectivity index (χ0v) is 11.4. The first-order valence-corrected chi connectivity index (χ1v) is 6.35. The van der Waals surface area contributed by atoms with Gasteiger partial charge in [-0.2, -0.15) is 0 Å². The lowest BCUT2D eigenvalue weighted by molar-refractivity contribution is -0.274. The second-order valence-electron chi connectivity index (χ2n) is 4.46. The average Bonchev–Trinajstić information content (AvgIpc) is 2.88. The minimum Gasteiger partial charge on any atom is -0.406 e. The van der Waals surface area contributed by atoms with Crippen LogP contribution in [-0.2, 0) is 0 Å². The minimum atomic E-state index is -4.73. The van der Waals surface area contributed by atoms with Gasteiger partial charge in [-0.15, -0.1) is 18.3 Å². The van der Waals surface area contributed by atoms with E-state index in [1.807, 2.05) is 0 Å². The highest BCUT2D eigenvalue weighted by Gasteiger charge is 2.31. The van der Waals surface area contributed by atoms with Gasteiger partial charge in [0.15, 0.2) is 5.65 Å². The molecule has 0 bridgehead atoms. The van der Waals surface area contributed by atoms with Gasteiger partial charge in [0.05, 0.1) is 11.9 Å². The standard InChI is InChI=1S/C14H11F3N4O/c1-18-12-5-6-13-19-8-11(21(13)20-12)9-3-2-4-10(7-9)22-14(15,16)17/h2-8H,1H3,(H,18,20). The van der Waals surface area contributed by atoms with Crippen molar-refractivity contribution in [1.82, 2.24) is 14.6 Å². The highest BCUT2D eigenvalue weighted by Crippen LogP contribution is 2.28. The zero-order valence-electron chi connectivity index (χ0n) is 11.4. The molecule has 0 spiro atoms. The first-order valence-electron chi connectivity index (χ1n) is 6.35. The summed E-state index contributed by atoms with van der Waals surface area (Å²) in [4.78, 5) is 4.18. The Balaban J connectivity index is 2.05. The van der Waals surface area contributed by atoms with E-state index in [2.05, 4.69) is 20.1 Å². The van der Waals surface area contributed by atoms with Crippen molar-refractivity contribution in [2.24, 2.45) is 0 Å². The third-order valence-corrected chi connectivity index (χ3v) is 2.98. The fraction of sp³-hybridized carbons (Fsp3) is 0.143. The van der Waals surface area contributed by atoms with Crippen LogP contribution in [0, 0.1) is 0 Å². The van der Waals surface area contributed by atoms with Crippen molar-refractivity contribution in [3.63, 3.8) is 0 Å². The Morgan fingerprint density at radius 1 is 1.18 bits per heavy atom. The Kier molecular flexibility index (Phi) is 3.36. The number of alkyl halides is 3. The van der Waals surface area contributed by atoms with Gasteiger partial charge < -0.3 is 10.1 Å². The summed E-state index contributed by atoms with van der Waals surface area (Å²) in [5, 5.41) is 7.21. The summed E-state index contributed by atoms with van der Waals surface area (Å²) in [5.74, 6) is 0.333. The van der Waals surface area contributed by atoms with Crippen LogP contribution in [0.15, 0.2) is 42.6 Å². The molecule has 0 aliphatic rings. The molecule has 0 aliphatic carbocycles. The van der Waals surface area contributed by atoms with Gasteiger partial charge in [-0.1, -0.05) is 12.1 Å². The largest absolute Gasteiger partial charge is 0.573 e. The SMILES string of the molecule is CNc1ccc2ncc(-c3cccc(OC(F)(F)F)c3)n2n1. The van der Waals surface area contributed by atoms with Crippen LogP contribution >= 0.6 is 0 Å². The van der Waals surface area contributed by atoms with E-state index in [0.717, 1.165) is 0 Å². The molecule has 2 heterocycles. The Morgan fingerprint density at radius 2 is 2.00 bits per heavy atom. The van der Waals surface area contributed by atoms with Crippen LogP contribution < -0.4 is 10.1 Å². The average molecular weight is 308 g/mol. The summed E-state index contributed by atoms with van der Waals surface area (Å²) in [5.41, 5.74) is 1.69.